The van der Waals surface area contributed by atoms with Gasteiger partial charge in [0.2, 0.25) is 0 Å². The van der Waals surface area contributed by atoms with Gasteiger partial charge in [-0.25, -0.2) is 0 Å². The van der Waals surface area contributed by atoms with E-state index in [0.29, 0.717) is 6.04 Å². The van der Waals surface area contributed by atoms with Crippen LogP contribution in [0.2, 0.25) is 5.02 Å². The zero-order valence-electron chi connectivity index (χ0n) is 10.4. The molecule has 1 aromatic carbocycles. The molecular formula is C15H20ClN. The fraction of sp³-hybridized carbons (Fsp3) is 0.467. The zero-order valence-corrected chi connectivity index (χ0v) is 11.1. The summed E-state index contributed by atoms with van der Waals surface area (Å²) < 4.78 is 0. The van der Waals surface area contributed by atoms with Crippen molar-refractivity contribution in [3.8, 4) is 0 Å². The smallest absolute Gasteiger partial charge is 0.0536 e. The van der Waals surface area contributed by atoms with Gasteiger partial charge in [0.25, 0.3) is 0 Å². The van der Waals surface area contributed by atoms with Crippen LogP contribution in [-0.2, 0) is 0 Å². The molecule has 0 bridgehead atoms. The van der Waals surface area contributed by atoms with Crippen LogP contribution in [-0.4, -0.2) is 6.54 Å². The van der Waals surface area contributed by atoms with Crippen LogP contribution in [0, 0.1) is 0 Å². The van der Waals surface area contributed by atoms with E-state index in [1.807, 2.05) is 12.1 Å². The fourth-order valence-electron chi connectivity index (χ4n) is 2.40. The first-order chi connectivity index (χ1) is 8.31. The Morgan fingerprint density at radius 2 is 2.29 bits per heavy atom. The molecule has 2 rings (SSSR count). The number of allylic oxidation sites excluding steroid dienone is 1. The van der Waals surface area contributed by atoms with Gasteiger partial charge in [-0.2, -0.15) is 0 Å². The molecule has 0 spiro atoms. The molecule has 0 saturated carbocycles. The van der Waals surface area contributed by atoms with Crippen molar-refractivity contribution >= 4 is 11.6 Å². The zero-order chi connectivity index (χ0) is 12.1. The molecule has 0 heterocycles. The lowest BCUT2D eigenvalue weighted by Gasteiger charge is -2.21. The van der Waals surface area contributed by atoms with Gasteiger partial charge < -0.3 is 5.32 Å². The van der Waals surface area contributed by atoms with Crippen molar-refractivity contribution in [3.05, 3.63) is 46.5 Å². The molecule has 1 atom stereocenters. The molecule has 1 unspecified atom stereocenters. The van der Waals surface area contributed by atoms with Gasteiger partial charge in [0.1, 0.15) is 0 Å². The van der Waals surface area contributed by atoms with E-state index in [4.69, 9.17) is 11.6 Å². The molecule has 1 aromatic rings. The average molecular weight is 250 g/mol. The van der Waals surface area contributed by atoms with Gasteiger partial charge in [0, 0.05) is 5.02 Å². The number of hydrogen-bond acceptors (Lipinski definition) is 1. The standard InChI is InChI=1S/C15H20ClN/c1-2-10-17-15(12-6-3-4-7-12)13-8-5-9-14(16)11-13/h5-6,8-9,11,15,17H,2-4,7,10H2,1H3. The number of hydrogen-bond donors (Lipinski definition) is 1. The molecule has 1 aliphatic carbocycles. The molecule has 1 aliphatic rings. The topological polar surface area (TPSA) is 12.0 Å². The van der Waals surface area contributed by atoms with Crippen molar-refractivity contribution in [2.24, 2.45) is 0 Å². The van der Waals surface area contributed by atoms with E-state index in [0.717, 1.165) is 18.0 Å². The van der Waals surface area contributed by atoms with Gasteiger partial charge >= 0.3 is 0 Å². The Bertz CT molecular complexity index is 398. The first kappa shape index (κ1) is 12.7. The van der Waals surface area contributed by atoms with Crippen LogP contribution in [0.3, 0.4) is 0 Å². The molecule has 0 radical (unpaired) electrons. The quantitative estimate of drug-likeness (QED) is 0.758. The summed E-state index contributed by atoms with van der Waals surface area (Å²) in [6, 6.07) is 8.57. The highest BCUT2D eigenvalue weighted by Crippen LogP contribution is 2.31. The lowest BCUT2D eigenvalue weighted by Crippen LogP contribution is -2.23. The predicted molar refractivity (Wildman–Crippen MR) is 74.4 cm³/mol. The number of halogens is 1. The second-order valence-electron chi connectivity index (χ2n) is 4.61. The van der Waals surface area contributed by atoms with Gasteiger partial charge in [-0.15, -0.1) is 0 Å². The highest BCUT2D eigenvalue weighted by Gasteiger charge is 2.18. The van der Waals surface area contributed by atoms with Crippen LogP contribution in [0.5, 0.6) is 0 Å². The molecule has 1 N–H and O–H groups in total. The molecule has 0 amide bonds. The largest absolute Gasteiger partial charge is 0.307 e. The second kappa shape index (κ2) is 6.23. The van der Waals surface area contributed by atoms with Crippen molar-refractivity contribution in [2.75, 3.05) is 6.54 Å². The summed E-state index contributed by atoms with van der Waals surface area (Å²) in [5, 5.41) is 4.45. The minimum absolute atomic E-state index is 0.358. The predicted octanol–water partition coefficient (Wildman–Crippen LogP) is 4.49. The third-order valence-electron chi connectivity index (χ3n) is 3.23. The SMILES string of the molecule is CCCNC(C1=CCCC1)c1cccc(Cl)c1. The van der Waals surface area contributed by atoms with Crippen molar-refractivity contribution in [2.45, 2.75) is 38.6 Å². The maximum Gasteiger partial charge on any atom is 0.0536 e. The van der Waals surface area contributed by atoms with Crippen molar-refractivity contribution in [1.29, 1.82) is 0 Å². The summed E-state index contributed by atoms with van der Waals surface area (Å²) in [5.41, 5.74) is 2.82. The Morgan fingerprint density at radius 1 is 1.41 bits per heavy atom. The lowest BCUT2D eigenvalue weighted by atomic mass is 9.98. The highest BCUT2D eigenvalue weighted by atomic mass is 35.5. The van der Waals surface area contributed by atoms with Crippen molar-refractivity contribution in [3.63, 3.8) is 0 Å². The lowest BCUT2D eigenvalue weighted by molar-refractivity contribution is 0.578. The van der Waals surface area contributed by atoms with E-state index in [2.05, 4.69) is 30.4 Å². The summed E-state index contributed by atoms with van der Waals surface area (Å²) in [6.07, 6.45) is 7.27. The molecule has 0 saturated heterocycles. The van der Waals surface area contributed by atoms with Gasteiger partial charge in [-0.3, -0.25) is 0 Å². The number of nitrogens with one attached hydrogen (secondary N) is 1. The third kappa shape index (κ3) is 3.34. The number of rotatable bonds is 5. The minimum atomic E-state index is 0.358. The van der Waals surface area contributed by atoms with Gasteiger partial charge in [0.15, 0.2) is 0 Å². The molecule has 17 heavy (non-hydrogen) atoms. The summed E-state index contributed by atoms with van der Waals surface area (Å²) in [5.74, 6) is 0. The molecule has 1 nitrogen and oxygen atoms in total. The molecule has 0 aliphatic heterocycles. The Hall–Kier alpha value is -0.790. The summed E-state index contributed by atoms with van der Waals surface area (Å²) in [6.45, 7) is 3.25. The first-order valence-electron chi connectivity index (χ1n) is 6.49. The van der Waals surface area contributed by atoms with Crippen LogP contribution in [0.4, 0.5) is 0 Å². The van der Waals surface area contributed by atoms with Crippen molar-refractivity contribution in [1.82, 2.24) is 5.32 Å². The maximum absolute atomic E-state index is 6.08. The van der Waals surface area contributed by atoms with Gasteiger partial charge in [-0.1, -0.05) is 42.3 Å². The molecule has 92 valence electrons. The van der Waals surface area contributed by atoms with Crippen LogP contribution in [0.1, 0.15) is 44.2 Å². The second-order valence-corrected chi connectivity index (χ2v) is 5.05. The van der Waals surface area contributed by atoms with Gasteiger partial charge in [0.05, 0.1) is 6.04 Å². The van der Waals surface area contributed by atoms with Crippen LogP contribution in [0.25, 0.3) is 0 Å². The summed E-state index contributed by atoms with van der Waals surface area (Å²) in [4.78, 5) is 0. The van der Waals surface area contributed by atoms with Crippen molar-refractivity contribution < 1.29 is 0 Å². The van der Waals surface area contributed by atoms with E-state index in [1.165, 1.54) is 30.4 Å². The van der Waals surface area contributed by atoms with E-state index in [-0.39, 0.29) is 0 Å². The average Bonchev–Trinajstić information content (AvgIpc) is 2.83. The Morgan fingerprint density at radius 3 is 2.94 bits per heavy atom. The molecule has 0 fully saturated rings. The van der Waals surface area contributed by atoms with E-state index >= 15 is 0 Å². The van der Waals surface area contributed by atoms with Gasteiger partial charge in [-0.05, 0) is 49.9 Å². The minimum Gasteiger partial charge on any atom is -0.307 e. The van der Waals surface area contributed by atoms with E-state index in [9.17, 15) is 0 Å². The third-order valence-corrected chi connectivity index (χ3v) is 3.46. The van der Waals surface area contributed by atoms with Crippen LogP contribution in [0.15, 0.2) is 35.9 Å². The molecule has 0 aromatic heterocycles. The van der Waals surface area contributed by atoms with E-state index < -0.39 is 0 Å². The molecular weight excluding hydrogens is 230 g/mol. The Kier molecular flexibility index (Phi) is 4.64. The molecule has 2 heteroatoms. The summed E-state index contributed by atoms with van der Waals surface area (Å²) >= 11 is 6.08. The maximum atomic E-state index is 6.08. The summed E-state index contributed by atoms with van der Waals surface area (Å²) in [7, 11) is 0. The Labute approximate surface area is 109 Å². The highest BCUT2D eigenvalue weighted by molar-refractivity contribution is 6.30. The normalized spacial score (nSPS) is 16.9. The number of benzene rings is 1. The first-order valence-corrected chi connectivity index (χ1v) is 6.87. The monoisotopic (exact) mass is 249 g/mol. The van der Waals surface area contributed by atoms with E-state index in [1.54, 1.807) is 0 Å². The van der Waals surface area contributed by atoms with Crippen LogP contribution >= 0.6 is 11.6 Å². The fourth-order valence-corrected chi connectivity index (χ4v) is 2.59. The Balaban J connectivity index is 2.19. The van der Waals surface area contributed by atoms with Crippen LogP contribution < -0.4 is 5.32 Å².